The van der Waals surface area contributed by atoms with Crippen LogP contribution in [-0.2, 0) is 12.5 Å². The van der Waals surface area contributed by atoms with Crippen molar-refractivity contribution in [2.45, 2.75) is 47.0 Å². The standard InChI is InChI=1S/C14H21N3/c1-9-10(11(15-7)16-17(9)8)14(6)12(2,3)13(14,4)5/h1-6,8H3. The average molecular weight is 231 g/mol. The van der Waals surface area contributed by atoms with Crippen LogP contribution in [0.2, 0.25) is 0 Å². The Bertz CT molecular complexity index is 512. The first kappa shape index (κ1) is 12.2. The fourth-order valence-electron chi connectivity index (χ4n) is 3.47. The fraction of sp³-hybridized carbons (Fsp3) is 0.714. The Balaban J connectivity index is 2.70. The van der Waals surface area contributed by atoms with E-state index in [0.717, 1.165) is 11.3 Å². The van der Waals surface area contributed by atoms with Crippen molar-refractivity contribution in [1.29, 1.82) is 0 Å². The van der Waals surface area contributed by atoms with Gasteiger partial charge in [0.05, 0.1) is 0 Å². The van der Waals surface area contributed by atoms with Gasteiger partial charge in [0.25, 0.3) is 5.82 Å². The summed E-state index contributed by atoms with van der Waals surface area (Å²) in [7, 11) is 1.92. The lowest BCUT2D eigenvalue weighted by molar-refractivity contribution is 0.457. The van der Waals surface area contributed by atoms with Crippen LogP contribution in [0.5, 0.6) is 0 Å². The second-order valence-electron chi connectivity index (χ2n) is 6.39. The molecule has 0 bridgehead atoms. The van der Waals surface area contributed by atoms with Crippen molar-refractivity contribution in [3.8, 4) is 0 Å². The molecule has 1 aliphatic rings. The normalized spacial score (nSPS) is 23.2. The maximum Gasteiger partial charge on any atom is 0.299 e. The molecule has 1 aromatic rings. The van der Waals surface area contributed by atoms with Crippen LogP contribution >= 0.6 is 0 Å². The predicted octanol–water partition coefficient (Wildman–Crippen LogP) is 3.60. The van der Waals surface area contributed by atoms with Crippen LogP contribution in [0.1, 0.15) is 45.9 Å². The van der Waals surface area contributed by atoms with Gasteiger partial charge in [-0.2, -0.15) is 4.68 Å². The van der Waals surface area contributed by atoms with Crippen molar-refractivity contribution < 1.29 is 0 Å². The van der Waals surface area contributed by atoms with Crippen LogP contribution in [0.4, 0.5) is 5.82 Å². The van der Waals surface area contributed by atoms with Crippen molar-refractivity contribution in [2.75, 3.05) is 0 Å². The van der Waals surface area contributed by atoms with Crippen LogP contribution in [0.25, 0.3) is 4.85 Å². The lowest BCUT2D eigenvalue weighted by atomic mass is 9.88. The SMILES string of the molecule is [C-]#[N+]c1nn(C)c(C)c1C1(C)C(C)(C)C1(C)C. The number of aryl methyl sites for hydroxylation is 1. The zero-order valence-corrected chi connectivity index (χ0v) is 11.8. The van der Waals surface area contributed by atoms with Gasteiger partial charge in [0.15, 0.2) is 0 Å². The van der Waals surface area contributed by atoms with Crippen LogP contribution in [-0.4, -0.2) is 9.78 Å². The van der Waals surface area contributed by atoms with E-state index in [-0.39, 0.29) is 16.2 Å². The van der Waals surface area contributed by atoms with Crippen LogP contribution in [0.3, 0.4) is 0 Å². The second-order valence-corrected chi connectivity index (χ2v) is 6.39. The molecule has 1 aliphatic carbocycles. The third kappa shape index (κ3) is 1.04. The highest BCUT2D eigenvalue weighted by Crippen LogP contribution is 2.78. The Morgan fingerprint density at radius 2 is 1.59 bits per heavy atom. The van der Waals surface area contributed by atoms with Crippen molar-refractivity contribution >= 4 is 5.82 Å². The number of aromatic nitrogens is 2. The number of rotatable bonds is 1. The molecule has 0 aliphatic heterocycles. The Kier molecular flexibility index (Phi) is 2.09. The van der Waals surface area contributed by atoms with Gasteiger partial charge >= 0.3 is 0 Å². The first-order valence-corrected chi connectivity index (χ1v) is 6.04. The van der Waals surface area contributed by atoms with Gasteiger partial charge < -0.3 is 4.85 Å². The van der Waals surface area contributed by atoms with Gasteiger partial charge in [0, 0.05) is 18.3 Å². The summed E-state index contributed by atoms with van der Waals surface area (Å²) in [6.07, 6.45) is 0. The molecule has 1 saturated carbocycles. The summed E-state index contributed by atoms with van der Waals surface area (Å²) in [6, 6.07) is 0. The molecule has 0 N–H and O–H groups in total. The van der Waals surface area contributed by atoms with Gasteiger partial charge in [-0.05, 0) is 28.3 Å². The van der Waals surface area contributed by atoms with Gasteiger partial charge in [-0.15, -0.1) is 0 Å². The number of hydrogen-bond acceptors (Lipinski definition) is 1. The zero-order valence-electron chi connectivity index (χ0n) is 11.8. The van der Waals surface area contributed by atoms with E-state index in [1.807, 2.05) is 11.7 Å². The Morgan fingerprint density at radius 3 is 1.94 bits per heavy atom. The molecule has 0 atom stereocenters. The Hall–Kier alpha value is -1.30. The molecule has 3 heteroatoms. The Labute approximate surface area is 104 Å². The van der Waals surface area contributed by atoms with E-state index in [2.05, 4.69) is 51.5 Å². The van der Waals surface area contributed by atoms with Crippen LogP contribution < -0.4 is 0 Å². The third-order valence-corrected chi connectivity index (χ3v) is 5.92. The van der Waals surface area contributed by atoms with E-state index in [9.17, 15) is 0 Å². The summed E-state index contributed by atoms with van der Waals surface area (Å²) in [5, 5.41) is 4.33. The molecule has 0 spiro atoms. The highest BCUT2D eigenvalue weighted by molar-refractivity contribution is 5.58. The highest BCUT2D eigenvalue weighted by atomic mass is 15.3. The van der Waals surface area contributed by atoms with Crippen LogP contribution in [0, 0.1) is 24.3 Å². The fourth-order valence-corrected chi connectivity index (χ4v) is 3.47. The molecule has 3 nitrogen and oxygen atoms in total. The minimum absolute atomic E-state index is 0.0399. The summed E-state index contributed by atoms with van der Waals surface area (Å²) in [4.78, 5) is 3.61. The molecule has 0 amide bonds. The van der Waals surface area contributed by atoms with Crippen LogP contribution in [0.15, 0.2) is 0 Å². The molecule has 92 valence electrons. The molecular formula is C14H21N3. The molecule has 0 aromatic carbocycles. The molecule has 1 fully saturated rings. The summed E-state index contributed by atoms with van der Waals surface area (Å²) in [5.74, 6) is 0.575. The smallest absolute Gasteiger partial charge is 0.299 e. The zero-order chi connectivity index (χ0) is 13.2. The highest BCUT2D eigenvalue weighted by Gasteiger charge is 2.75. The molecule has 0 saturated heterocycles. The van der Waals surface area contributed by atoms with Crippen molar-refractivity contribution in [3.05, 3.63) is 22.7 Å². The van der Waals surface area contributed by atoms with Crippen molar-refractivity contribution in [2.24, 2.45) is 17.9 Å². The first-order valence-electron chi connectivity index (χ1n) is 6.04. The van der Waals surface area contributed by atoms with Crippen molar-refractivity contribution in [3.63, 3.8) is 0 Å². The maximum atomic E-state index is 7.31. The molecule has 0 unspecified atom stereocenters. The van der Waals surface area contributed by atoms with E-state index in [4.69, 9.17) is 6.57 Å². The monoisotopic (exact) mass is 231 g/mol. The average Bonchev–Trinajstić information content (AvgIpc) is 2.49. The minimum atomic E-state index is 0.0399. The number of hydrogen-bond donors (Lipinski definition) is 0. The quantitative estimate of drug-likeness (QED) is 0.677. The molecular weight excluding hydrogens is 210 g/mol. The Morgan fingerprint density at radius 1 is 1.12 bits per heavy atom. The van der Waals surface area contributed by atoms with E-state index in [1.165, 1.54) is 0 Å². The second kappa shape index (κ2) is 2.93. The van der Waals surface area contributed by atoms with Gasteiger partial charge in [0.1, 0.15) is 0 Å². The number of nitrogens with zero attached hydrogens (tertiary/aromatic N) is 3. The molecule has 0 radical (unpaired) electrons. The van der Waals surface area contributed by atoms with Gasteiger partial charge in [-0.1, -0.05) is 41.2 Å². The van der Waals surface area contributed by atoms with E-state index >= 15 is 0 Å². The van der Waals surface area contributed by atoms with Gasteiger partial charge in [-0.3, -0.25) is 0 Å². The lowest BCUT2D eigenvalue weighted by Gasteiger charge is -2.16. The van der Waals surface area contributed by atoms with Gasteiger partial charge in [0.2, 0.25) is 0 Å². The predicted molar refractivity (Wildman–Crippen MR) is 69.1 cm³/mol. The van der Waals surface area contributed by atoms with E-state index in [1.54, 1.807) is 0 Å². The minimum Gasteiger partial charge on any atom is -0.359 e. The topological polar surface area (TPSA) is 22.2 Å². The maximum absolute atomic E-state index is 7.31. The lowest BCUT2D eigenvalue weighted by Crippen LogP contribution is -2.12. The summed E-state index contributed by atoms with van der Waals surface area (Å²) >= 11 is 0. The molecule has 1 heterocycles. The van der Waals surface area contributed by atoms with E-state index in [0.29, 0.717) is 5.82 Å². The summed E-state index contributed by atoms with van der Waals surface area (Å²) in [6.45, 7) is 20.8. The summed E-state index contributed by atoms with van der Waals surface area (Å²) < 4.78 is 1.83. The first-order chi connectivity index (χ1) is 7.63. The van der Waals surface area contributed by atoms with Gasteiger partial charge in [-0.25, -0.2) is 0 Å². The summed E-state index contributed by atoms with van der Waals surface area (Å²) in [5.41, 5.74) is 2.71. The molecule has 17 heavy (non-hydrogen) atoms. The third-order valence-electron chi connectivity index (χ3n) is 5.92. The largest absolute Gasteiger partial charge is 0.359 e. The van der Waals surface area contributed by atoms with E-state index < -0.39 is 0 Å². The van der Waals surface area contributed by atoms with Crippen molar-refractivity contribution in [1.82, 2.24) is 9.78 Å². The molecule has 2 rings (SSSR count). The molecule has 1 aromatic heterocycles.